The highest BCUT2D eigenvalue weighted by Gasteiger charge is 2.23. The van der Waals surface area contributed by atoms with Crippen molar-refractivity contribution >= 4 is 17.4 Å². The third kappa shape index (κ3) is 6.11. The van der Waals surface area contributed by atoms with Gasteiger partial charge in [-0.15, -0.1) is 11.3 Å². The number of hydrogen-bond donors (Lipinski definition) is 2. The summed E-state index contributed by atoms with van der Waals surface area (Å²) >= 11 is 1.65. The molecule has 0 saturated heterocycles. The molecule has 2 rings (SSSR count). The number of carbonyl (C=O) groups is 1. The van der Waals surface area contributed by atoms with Crippen molar-refractivity contribution < 1.29 is 9.53 Å². The molecule has 6 heteroatoms. The summed E-state index contributed by atoms with van der Waals surface area (Å²) in [5.74, 6) is 0.245. The zero-order chi connectivity index (χ0) is 16.8. The van der Waals surface area contributed by atoms with Gasteiger partial charge in [0.1, 0.15) is 0 Å². The molecule has 0 aromatic carbocycles. The maximum Gasteiger partial charge on any atom is 0.315 e. The topological polar surface area (TPSA) is 63.2 Å². The van der Waals surface area contributed by atoms with Crippen LogP contribution in [0.25, 0.3) is 0 Å². The quantitative estimate of drug-likeness (QED) is 0.832. The first-order valence-corrected chi connectivity index (χ1v) is 9.44. The van der Waals surface area contributed by atoms with E-state index in [0.717, 1.165) is 36.4 Å². The molecule has 1 aromatic rings. The third-order valence-corrected chi connectivity index (χ3v) is 5.30. The summed E-state index contributed by atoms with van der Waals surface area (Å²) in [4.78, 5) is 16.5. The minimum absolute atomic E-state index is 0.0710. The molecule has 1 atom stereocenters. The first-order valence-electron chi connectivity index (χ1n) is 8.56. The fraction of sp³-hybridized carbons (Fsp3) is 0.765. The average Bonchev–Trinajstić information content (AvgIpc) is 2.93. The van der Waals surface area contributed by atoms with Crippen LogP contribution < -0.4 is 10.6 Å². The largest absolute Gasteiger partial charge is 0.376 e. The fourth-order valence-electron chi connectivity index (χ4n) is 2.90. The first kappa shape index (κ1) is 18.2. The molecule has 2 N–H and O–H groups in total. The summed E-state index contributed by atoms with van der Waals surface area (Å²) < 4.78 is 5.84. The standard InChI is InChI=1S/C17H29N3O2S/c1-11(2)22-15-7-5-14(6-8-15)20-17(21)18-9-12(3)16-19-13(4)10-23-16/h10-12,14-15H,5-9H2,1-4H3,(H2,18,20,21). The van der Waals surface area contributed by atoms with Crippen molar-refractivity contribution in [2.45, 2.75) is 77.5 Å². The minimum Gasteiger partial charge on any atom is -0.376 e. The van der Waals surface area contributed by atoms with E-state index in [9.17, 15) is 4.79 Å². The van der Waals surface area contributed by atoms with E-state index < -0.39 is 0 Å². The van der Waals surface area contributed by atoms with Crippen molar-refractivity contribution in [2.75, 3.05) is 6.54 Å². The Bertz CT molecular complexity index is 496. The van der Waals surface area contributed by atoms with E-state index in [-0.39, 0.29) is 24.1 Å². The molecule has 2 amide bonds. The Labute approximate surface area is 143 Å². The van der Waals surface area contributed by atoms with Crippen LogP contribution in [0.4, 0.5) is 4.79 Å². The van der Waals surface area contributed by atoms with Crippen LogP contribution in [0, 0.1) is 6.92 Å². The molecule has 0 spiro atoms. The summed E-state index contributed by atoms with van der Waals surface area (Å²) in [6, 6.07) is 0.192. The van der Waals surface area contributed by atoms with Crippen molar-refractivity contribution in [3.63, 3.8) is 0 Å². The minimum atomic E-state index is -0.0710. The molecule has 1 fully saturated rings. The number of urea groups is 1. The highest BCUT2D eigenvalue weighted by atomic mass is 32.1. The van der Waals surface area contributed by atoms with Crippen LogP contribution >= 0.6 is 11.3 Å². The van der Waals surface area contributed by atoms with Crippen LogP contribution in [-0.4, -0.2) is 35.8 Å². The van der Waals surface area contributed by atoms with Crippen molar-refractivity contribution in [3.8, 4) is 0 Å². The summed E-state index contributed by atoms with van der Waals surface area (Å²) in [6.45, 7) is 8.84. The number of thiazole rings is 1. The first-order chi connectivity index (χ1) is 10.9. The van der Waals surface area contributed by atoms with E-state index >= 15 is 0 Å². The highest BCUT2D eigenvalue weighted by molar-refractivity contribution is 7.09. The van der Waals surface area contributed by atoms with Gasteiger partial charge in [0.25, 0.3) is 0 Å². The maximum atomic E-state index is 12.0. The number of aromatic nitrogens is 1. The predicted molar refractivity (Wildman–Crippen MR) is 94.1 cm³/mol. The van der Waals surface area contributed by atoms with E-state index in [1.54, 1.807) is 11.3 Å². The van der Waals surface area contributed by atoms with E-state index in [1.165, 1.54) is 0 Å². The van der Waals surface area contributed by atoms with E-state index in [0.29, 0.717) is 12.6 Å². The lowest BCUT2D eigenvalue weighted by atomic mass is 9.93. The van der Waals surface area contributed by atoms with Gasteiger partial charge < -0.3 is 15.4 Å². The van der Waals surface area contributed by atoms with Gasteiger partial charge in [-0.3, -0.25) is 0 Å². The molecule has 23 heavy (non-hydrogen) atoms. The lowest BCUT2D eigenvalue weighted by molar-refractivity contribution is -0.0155. The zero-order valence-electron chi connectivity index (χ0n) is 14.6. The van der Waals surface area contributed by atoms with E-state index in [4.69, 9.17) is 4.74 Å². The smallest absolute Gasteiger partial charge is 0.315 e. The molecular weight excluding hydrogens is 310 g/mol. The Hall–Kier alpha value is -1.14. The maximum absolute atomic E-state index is 12.0. The average molecular weight is 340 g/mol. The van der Waals surface area contributed by atoms with E-state index in [2.05, 4.69) is 36.4 Å². The third-order valence-electron chi connectivity index (χ3n) is 4.10. The number of carbonyl (C=O) groups excluding carboxylic acids is 1. The number of nitrogens with one attached hydrogen (secondary N) is 2. The lowest BCUT2D eigenvalue weighted by Gasteiger charge is -2.30. The Morgan fingerprint density at radius 3 is 2.61 bits per heavy atom. The number of aryl methyl sites for hydroxylation is 1. The molecule has 130 valence electrons. The molecule has 0 radical (unpaired) electrons. The number of amides is 2. The summed E-state index contributed by atoms with van der Waals surface area (Å²) in [5.41, 5.74) is 1.04. The second-order valence-corrected chi connectivity index (χ2v) is 7.63. The molecule has 0 bridgehead atoms. The van der Waals surface area contributed by atoms with Crippen LogP contribution in [0.5, 0.6) is 0 Å². The van der Waals surface area contributed by atoms with Crippen LogP contribution in [0.15, 0.2) is 5.38 Å². The molecule has 1 aromatic heterocycles. The summed E-state index contributed by atoms with van der Waals surface area (Å²) in [5, 5.41) is 9.17. The van der Waals surface area contributed by atoms with Gasteiger partial charge in [0.15, 0.2) is 0 Å². The second kappa shape index (κ2) is 8.64. The molecule has 0 aliphatic heterocycles. The molecule has 1 saturated carbocycles. The zero-order valence-corrected chi connectivity index (χ0v) is 15.4. The van der Waals surface area contributed by atoms with E-state index in [1.807, 2.05) is 12.3 Å². The van der Waals surface area contributed by atoms with Crippen LogP contribution in [-0.2, 0) is 4.74 Å². The second-order valence-electron chi connectivity index (χ2n) is 6.74. The van der Waals surface area contributed by atoms with Gasteiger partial charge in [0.05, 0.1) is 17.2 Å². The number of hydrogen-bond acceptors (Lipinski definition) is 4. The van der Waals surface area contributed by atoms with Crippen molar-refractivity contribution in [3.05, 3.63) is 16.1 Å². The lowest BCUT2D eigenvalue weighted by Crippen LogP contribution is -2.45. The monoisotopic (exact) mass is 339 g/mol. The normalized spacial score (nSPS) is 22.8. The van der Waals surface area contributed by atoms with Crippen LogP contribution in [0.1, 0.15) is 63.1 Å². The Morgan fingerprint density at radius 1 is 1.35 bits per heavy atom. The molecule has 1 aliphatic carbocycles. The van der Waals surface area contributed by atoms with Crippen LogP contribution in [0.2, 0.25) is 0 Å². The molecule has 1 aliphatic rings. The Balaban J connectivity index is 1.65. The van der Waals surface area contributed by atoms with Gasteiger partial charge in [0.2, 0.25) is 0 Å². The van der Waals surface area contributed by atoms with Gasteiger partial charge >= 0.3 is 6.03 Å². The highest BCUT2D eigenvalue weighted by Crippen LogP contribution is 2.22. The number of nitrogens with zero attached hydrogens (tertiary/aromatic N) is 1. The van der Waals surface area contributed by atoms with Gasteiger partial charge in [-0.05, 0) is 46.5 Å². The van der Waals surface area contributed by atoms with Gasteiger partial charge in [-0.25, -0.2) is 9.78 Å². The predicted octanol–water partition coefficient (Wildman–Crippen LogP) is 3.59. The number of rotatable bonds is 6. The van der Waals surface area contributed by atoms with Crippen molar-refractivity contribution in [1.82, 2.24) is 15.6 Å². The Kier molecular flexibility index (Phi) is 6.84. The van der Waals surface area contributed by atoms with Crippen molar-refractivity contribution in [1.29, 1.82) is 0 Å². The van der Waals surface area contributed by atoms with Gasteiger partial charge in [-0.1, -0.05) is 6.92 Å². The van der Waals surface area contributed by atoms with Crippen LogP contribution in [0.3, 0.4) is 0 Å². The molecular formula is C17H29N3O2S. The molecule has 1 unspecified atom stereocenters. The van der Waals surface area contributed by atoms with Gasteiger partial charge in [-0.2, -0.15) is 0 Å². The SMILES string of the molecule is Cc1csc(C(C)CNC(=O)NC2CCC(OC(C)C)CC2)n1. The number of ether oxygens (including phenoxy) is 1. The molecule has 5 nitrogen and oxygen atoms in total. The van der Waals surface area contributed by atoms with Crippen molar-refractivity contribution in [2.24, 2.45) is 0 Å². The summed E-state index contributed by atoms with van der Waals surface area (Å²) in [6.07, 6.45) is 4.67. The Morgan fingerprint density at radius 2 is 2.04 bits per heavy atom. The summed E-state index contributed by atoms with van der Waals surface area (Å²) in [7, 11) is 0. The van der Waals surface area contributed by atoms with Gasteiger partial charge in [0, 0.05) is 29.6 Å². The fourth-order valence-corrected chi connectivity index (χ4v) is 3.75. The molecule has 1 heterocycles.